The molecule has 1 aromatic heterocycles. The van der Waals surface area contributed by atoms with Crippen molar-refractivity contribution in [1.29, 1.82) is 0 Å². The normalized spacial score (nSPS) is 15.6. The molecule has 0 saturated heterocycles. The topological polar surface area (TPSA) is 92.2 Å². The van der Waals surface area contributed by atoms with Crippen molar-refractivity contribution in [3.8, 4) is 0 Å². The maximum Gasteiger partial charge on any atom is 0.263 e. The van der Waals surface area contributed by atoms with Gasteiger partial charge in [0.1, 0.15) is 5.56 Å². The number of amides is 2. The Labute approximate surface area is 163 Å². The number of benzene rings is 1. The molecular formula is C21H24N4O3. The SMILES string of the molecule is CNC(=O)c1cc(C(=O)NC2CC2)cn(Cc2cccc3c2CNCC3)c1=O. The largest absolute Gasteiger partial charge is 0.355 e. The number of carbonyl (C=O) groups is 2. The number of hydrogen-bond acceptors (Lipinski definition) is 4. The Balaban J connectivity index is 1.74. The van der Waals surface area contributed by atoms with Gasteiger partial charge >= 0.3 is 0 Å². The quantitative estimate of drug-likeness (QED) is 0.715. The third-order valence-electron chi connectivity index (χ3n) is 5.32. The second-order valence-electron chi connectivity index (χ2n) is 7.38. The molecule has 7 heteroatoms. The number of rotatable bonds is 5. The van der Waals surface area contributed by atoms with E-state index in [1.54, 1.807) is 6.20 Å². The van der Waals surface area contributed by atoms with E-state index in [1.807, 2.05) is 12.1 Å². The summed E-state index contributed by atoms with van der Waals surface area (Å²) in [6, 6.07) is 7.68. The Morgan fingerprint density at radius 1 is 1.25 bits per heavy atom. The molecular weight excluding hydrogens is 356 g/mol. The number of hydrogen-bond donors (Lipinski definition) is 3. The molecule has 1 fully saturated rings. The molecule has 2 aromatic rings. The fourth-order valence-corrected chi connectivity index (χ4v) is 3.59. The van der Waals surface area contributed by atoms with Crippen molar-refractivity contribution in [2.45, 2.75) is 38.4 Å². The fraction of sp³-hybridized carbons (Fsp3) is 0.381. The van der Waals surface area contributed by atoms with Gasteiger partial charge in [-0.2, -0.15) is 0 Å². The van der Waals surface area contributed by atoms with Crippen LogP contribution in [0.1, 0.15) is 50.2 Å². The predicted octanol–water partition coefficient (Wildman–Crippen LogP) is 0.794. The molecule has 3 N–H and O–H groups in total. The molecule has 7 nitrogen and oxygen atoms in total. The smallest absolute Gasteiger partial charge is 0.263 e. The molecule has 2 heterocycles. The first kappa shape index (κ1) is 18.4. The van der Waals surface area contributed by atoms with Gasteiger partial charge in [0.15, 0.2) is 0 Å². The van der Waals surface area contributed by atoms with Crippen LogP contribution >= 0.6 is 0 Å². The van der Waals surface area contributed by atoms with Crippen LogP contribution in [0.5, 0.6) is 0 Å². The Morgan fingerprint density at radius 3 is 2.82 bits per heavy atom. The standard InChI is InChI=1S/C21H24N4O3/c1-22-20(27)17-9-15(19(26)24-16-5-6-16)12-25(21(17)28)11-14-4-2-3-13-7-8-23-10-18(13)14/h2-4,9,12,16,23H,5-8,10-11H2,1H3,(H,22,27)(H,24,26). The van der Waals surface area contributed by atoms with Crippen LogP contribution in [0.3, 0.4) is 0 Å². The highest BCUT2D eigenvalue weighted by atomic mass is 16.2. The van der Waals surface area contributed by atoms with E-state index < -0.39 is 11.5 Å². The van der Waals surface area contributed by atoms with Gasteiger partial charge in [0.05, 0.1) is 12.1 Å². The third kappa shape index (κ3) is 3.71. The molecule has 1 aliphatic heterocycles. The van der Waals surface area contributed by atoms with Crippen molar-refractivity contribution >= 4 is 11.8 Å². The van der Waals surface area contributed by atoms with E-state index in [9.17, 15) is 14.4 Å². The van der Waals surface area contributed by atoms with E-state index in [2.05, 4.69) is 22.0 Å². The molecule has 0 unspecified atom stereocenters. The maximum atomic E-state index is 12.9. The van der Waals surface area contributed by atoms with Crippen LogP contribution in [0, 0.1) is 0 Å². The zero-order valence-electron chi connectivity index (χ0n) is 15.9. The van der Waals surface area contributed by atoms with E-state index in [0.717, 1.165) is 37.9 Å². The summed E-state index contributed by atoms with van der Waals surface area (Å²) in [5.74, 6) is -0.741. The lowest BCUT2D eigenvalue weighted by Crippen LogP contribution is -2.34. The Hall–Kier alpha value is -2.93. The molecule has 28 heavy (non-hydrogen) atoms. The highest BCUT2D eigenvalue weighted by Crippen LogP contribution is 2.21. The van der Waals surface area contributed by atoms with Gasteiger partial charge in [0, 0.05) is 25.8 Å². The summed E-state index contributed by atoms with van der Waals surface area (Å²) < 4.78 is 1.47. The van der Waals surface area contributed by atoms with Gasteiger partial charge in [-0.25, -0.2) is 0 Å². The van der Waals surface area contributed by atoms with E-state index in [1.165, 1.54) is 28.8 Å². The minimum absolute atomic E-state index is 0.0196. The van der Waals surface area contributed by atoms with Crippen LogP contribution in [-0.4, -0.2) is 36.0 Å². The third-order valence-corrected chi connectivity index (χ3v) is 5.32. The highest BCUT2D eigenvalue weighted by molar-refractivity contribution is 5.99. The van der Waals surface area contributed by atoms with Crippen molar-refractivity contribution in [2.75, 3.05) is 13.6 Å². The van der Waals surface area contributed by atoms with Crippen LogP contribution in [-0.2, 0) is 19.5 Å². The second-order valence-corrected chi connectivity index (χ2v) is 7.38. The molecule has 1 saturated carbocycles. The molecule has 2 aliphatic rings. The monoisotopic (exact) mass is 380 g/mol. The first-order valence-corrected chi connectivity index (χ1v) is 9.64. The first-order chi connectivity index (χ1) is 13.6. The number of fused-ring (bicyclic) bond motifs is 1. The van der Waals surface area contributed by atoms with Gasteiger partial charge in [-0.1, -0.05) is 18.2 Å². The molecule has 1 aromatic carbocycles. The molecule has 146 valence electrons. The van der Waals surface area contributed by atoms with Gasteiger partial charge in [0.25, 0.3) is 17.4 Å². The Bertz CT molecular complexity index is 992. The van der Waals surface area contributed by atoms with E-state index >= 15 is 0 Å². The van der Waals surface area contributed by atoms with Gasteiger partial charge in [-0.15, -0.1) is 0 Å². The summed E-state index contributed by atoms with van der Waals surface area (Å²) in [7, 11) is 1.47. The number of nitrogens with one attached hydrogen (secondary N) is 3. The Kier molecular flexibility index (Phi) is 5.00. The molecule has 0 radical (unpaired) electrons. The zero-order chi connectivity index (χ0) is 19.7. The first-order valence-electron chi connectivity index (χ1n) is 9.64. The number of pyridine rings is 1. The minimum Gasteiger partial charge on any atom is -0.355 e. The average Bonchev–Trinajstić information content (AvgIpc) is 3.53. The zero-order valence-corrected chi connectivity index (χ0v) is 15.9. The highest BCUT2D eigenvalue weighted by Gasteiger charge is 2.25. The van der Waals surface area contributed by atoms with Crippen molar-refractivity contribution in [1.82, 2.24) is 20.5 Å². The molecule has 2 amide bonds. The van der Waals surface area contributed by atoms with Crippen LogP contribution < -0.4 is 21.5 Å². The molecule has 0 spiro atoms. The minimum atomic E-state index is -0.489. The van der Waals surface area contributed by atoms with Crippen molar-refractivity contribution in [3.63, 3.8) is 0 Å². The summed E-state index contributed by atoms with van der Waals surface area (Å²) in [4.78, 5) is 37.7. The van der Waals surface area contributed by atoms with Crippen LogP contribution in [0.2, 0.25) is 0 Å². The number of carbonyl (C=O) groups excluding carboxylic acids is 2. The van der Waals surface area contributed by atoms with E-state index in [-0.39, 0.29) is 17.5 Å². The molecule has 0 atom stereocenters. The molecule has 0 bridgehead atoms. The summed E-state index contributed by atoms with van der Waals surface area (Å²) in [6.07, 6.45) is 4.45. The lowest BCUT2D eigenvalue weighted by molar-refractivity contribution is 0.0950. The van der Waals surface area contributed by atoms with E-state index in [0.29, 0.717) is 12.1 Å². The second kappa shape index (κ2) is 7.59. The van der Waals surface area contributed by atoms with Gasteiger partial charge in [0.2, 0.25) is 0 Å². The van der Waals surface area contributed by atoms with Crippen molar-refractivity contribution in [2.24, 2.45) is 0 Å². The summed E-state index contributed by atoms with van der Waals surface area (Å²) >= 11 is 0. The lowest BCUT2D eigenvalue weighted by atomic mass is 9.96. The van der Waals surface area contributed by atoms with Gasteiger partial charge in [-0.3, -0.25) is 14.4 Å². The van der Waals surface area contributed by atoms with Crippen molar-refractivity contribution in [3.05, 3.63) is 68.6 Å². The summed E-state index contributed by atoms with van der Waals surface area (Å²) in [5, 5.41) is 8.77. The fourth-order valence-electron chi connectivity index (χ4n) is 3.59. The van der Waals surface area contributed by atoms with Gasteiger partial charge < -0.3 is 20.5 Å². The summed E-state index contributed by atoms with van der Waals surface area (Å²) in [6.45, 7) is 2.01. The maximum absolute atomic E-state index is 12.9. The number of nitrogens with zero attached hydrogens (tertiary/aromatic N) is 1. The molecule has 4 rings (SSSR count). The van der Waals surface area contributed by atoms with Crippen LogP contribution in [0.25, 0.3) is 0 Å². The number of aromatic nitrogens is 1. The van der Waals surface area contributed by atoms with Crippen molar-refractivity contribution < 1.29 is 9.59 Å². The van der Waals surface area contributed by atoms with Crippen LogP contribution in [0.4, 0.5) is 0 Å². The average molecular weight is 380 g/mol. The summed E-state index contributed by atoms with van der Waals surface area (Å²) in [5.41, 5.74) is 3.40. The van der Waals surface area contributed by atoms with Gasteiger partial charge in [-0.05, 0) is 48.6 Å². The van der Waals surface area contributed by atoms with E-state index in [4.69, 9.17) is 0 Å². The molecule has 1 aliphatic carbocycles. The Morgan fingerprint density at radius 2 is 2.07 bits per heavy atom. The lowest BCUT2D eigenvalue weighted by Gasteiger charge is -2.21. The van der Waals surface area contributed by atoms with Crippen LogP contribution in [0.15, 0.2) is 35.3 Å². The predicted molar refractivity (Wildman–Crippen MR) is 106 cm³/mol.